The fraction of sp³-hybridized carbons (Fsp3) is 0.150. The van der Waals surface area contributed by atoms with Crippen molar-refractivity contribution in [3.05, 3.63) is 48.5 Å². The molecule has 18 heteroatoms. The molecule has 0 aromatic heterocycles. The van der Waals surface area contributed by atoms with Crippen LogP contribution in [0.1, 0.15) is 6.92 Å². The number of rotatable bonds is 9. The second-order valence-corrected chi connectivity index (χ2v) is 12.0. The number of hydrogen-bond acceptors (Lipinski definition) is 11. The first kappa shape index (κ1) is 31.7. The van der Waals surface area contributed by atoms with E-state index in [4.69, 9.17) is 4.55 Å². The largest absolute Gasteiger partial charge is 0.505 e. The molecule has 3 rings (SSSR count). The number of fused-ring (bicyclic) bond motifs is 1. The third-order valence-corrected chi connectivity index (χ3v) is 7.69. The number of amides is 1. The van der Waals surface area contributed by atoms with Gasteiger partial charge in [0.2, 0.25) is 5.91 Å². The number of phenolic OH excluding ortho intramolecular Hbond substituents is 1. The summed E-state index contributed by atoms with van der Waals surface area (Å²) in [6, 6.07) is 10.0. The first-order valence-electron chi connectivity index (χ1n) is 9.98. The molecule has 0 fully saturated rings. The number of sulfone groups is 1. The van der Waals surface area contributed by atoms with Gasteiger partial charge in [-0.25, -0.2) is 12.6 Å². The Morgan fingerprint density at radius 1 is 0.974 bits per heavy atom. The van der Waals surface area contributed by atoms with Crippen LogP contribution < -0.4 is 5.32 Å². The summed E-state index contributed by atoms with van der Waals surface area (Å²) in [5.41, 5.74) is -0.469. The third-order valence-electron chi connectivity index (χ3n) is 4.68. The monoisotopic (exact) mass is 596 g/mol. The van der Waals surface area contributed by atoms with Crippen LogP contribution >= 0.6 is 0 Å². The van der Waals surface area contributed by atoms with Gasteiger partial charge in [0.05, 0.1) is 22.9 Å². The molecule has 1 radical (unpaired) electrons. The molecule has 0 bridgehead atoms. The van der Waals surface area contributed by atoms with Gasteiger partial charge in [-0.15, -0.1) is 5.11 Å². The molecule has 0 saturated heterocycles. The molecule has 0 saturated carbocycles. The SMILES string of the molecule is CC(=O)Nc1ccc2cc(S(=O)(=O)O)c(N=Nc3cccc(S(=O)(=O)CCOS(=O)(=O)O)c3)c(O)c2c1.[Na]. The molecule has 14 nitrogen and oxygen atoms in total. The van der Waals surface area contributed by atoms with Crippen molar-refractivity contribution >= 4 is 93.7 Å². The average Bonchev–Trinajstić information content (AvgIpc) is 2.77. The molecule has 38 heavy (non-hydrogen) atoms. The Morgan fingerprint density at radius 2 is 1.66 bits per heavy atom. The van der Waals surface area contributed by atoms with Crippen LogP contribution in [0.2, 0.25) is 0 Å². The van der Waals surface area contributed by atoms with Crippen LogP contribution in [0.5, 0.6) is 5.75 Å². The smallest absolute Gasteiger partial charge is 0.397 e. The van der Waals surface area contributed by atoms with E-state index in [1.54, 1.807) is 0 Å². The van der Waals surface area contributed by atoms with Crippen LogP contribution in [0.25, 0.3) is 10.8 Å². The van der Waals surface area contributed by atoms with Gasteiger partial charge in [-0.1, -0.05) is 12.1 Å². The van der Waals surface area contributed by atoms with Crippen LogP contribution in [0.3, 0.4) is 0 Å². The van der Waals surface area contributed by atoms with E-state index in [2.05, 4.69) is 19.7 Å². The van der Waals surface area contributed by atoms with Gasteiger partial charge in [0.15, 0.2) is 15.6 Å². The Kier molecular flexibility index (Phi) is 10.1. The molecular weight excluding hydrogens is 577 g/mol. The fourth-order valence-corrected chi connectivity index (χ4v) is 5.31. The summed E-state index contributed by atoms with van der Waals surface area (Å²) in [6.07, 6.45) is 0. The van der Waals surface area contributed by atoms with Crippen molar-refractivity contribution in [1.82, 2.24) is 0 Å². The Labute approximate surface area is 239 Å². The van der Waals surface area contributed by atoms with Crippen molar-refractivity contribution in [2.75, 3.05) is 17.7 Å². The van der Waals surface area contributed by atoms with Crippen molar-refractivity contribution in [2.45, 2.75) is 16.7 Å². The molecular formula is C20H19N3NaO11S3. The number of nitrogens with zero attached hydrogens (tertiary/aromatic N) is 2. The summed E-state index contributed by atoms with van der Waals surface area (Å²) in [4.78, 5) is 10.2. The molecule has 1 amide bonds. The van der Waals surface area contributed by atoms with Crippen LogP contribution in [0, 0.1) is 0 Å². The summed E-state index contributed by atoms with van der Waals surface area (Å²) in [7, 11) is -13.8. The van der Waals surface area contributed by atoms with Gasteiger partial charge >= 0.3 is 10.4 Å². The predicted molar refractivity (Wildman–Crippen MR) is 136 cm³/mol. The topological polar surface area (TPSA) is 226 Å². The Bertz CT molecular complexity index is 1740. The minimum atomic E-state index is -4.90. The van der Waals surface area contributed by atoms with Crippen LogP contribution in [-0.2, 0) is 39.3 Å². The molecule has 4 N–H and O–H groups in total. The number of nitrogens with one attached hydrogen (secondary N) is 1. The molecule has 0 spiro atoms. The van der Waals surface area contributed by atoms with Gasteiger partial charge in [-0.05, 0) is 41.8 Å². The van der Waals surface area contributed by atoms with Gasteiger partial charge in [0.1, 0.15) is 10.6 Å². The standard InChI is InChI=1S/C20H19N3O11S3.Na/c1-12(24)21-14-6-5-13-9-18(36(28,29)30)19(20(25)17(13)11-14)23-22-15-3-2-4-16(10-15)35(26,27)8-7-34-37(31,32)33;/h2-6,9-11,25H,7-8H2,1H3,(H,21,24)(H,28,29,30)(H,31,32,33);. The summed E-state index contributed by atoms with van der Waals surface area (Å²) < 4.78 is 92.3. The molecule has 0 aliphatic rings. The fourth-order valence-electron chi connectivity index (χ4n) is 3.13. The zero-order chi connectivity index (χ0) is 27.6. The van der Waals surface area contributed by atoms with E-state index < -0.39 is 65.0 Å². The molecule has 199 valence electrons. The normalized spacial score (nSPS) is 12.4. The second-order valence-electron chi connectivity index (χ2n) is 7.43. The van der Waals surface area contributed by atoms with E-state index in [1.807, 2.05) is 0 Å². The molecule has 0 atom stereocenters. The van der Waals surface area contributed by atoms with E-state index in [0.29, 0.717) is 0 Å². The van der Waals surface area contributed by atoms with E-state index in [9.17, 15) is 39.7 Å². The van der Waals surface area contributed by atoms with Gasteiger partial charge < -0.3 is 10.4 Å². The maximum absolute atomic E-state index is 12.4. The maximum atomic E-state index is 12.4. The van der Waals surface area contributed by atoms with Gasteiger partial charge in [0, 0.05) is 47.6 Å². The van der Waals surface area contributed by atoms with Gasteiger partial charge in [-0.3, -0.25) is 13.9 Å². The zero-order valence-corrected chi connectivity index (χ0v) is 24.2. The third kappa shape index (κ3) is 8.26. The first-order chi connectivity index (χ1) is 17.1. The van der Waals surface area contributed by atoms with Crippen molar-refractivity contribution in [3.8, 4) is 5.75 Å². The minimum Gasteiger partial charge on any atom is -0.505 e. The summed E-state index contributed by atoms with van der Waals surface area (Å²) in [6.45, 7) is 0.414. The molecule has 0 heterocycles. The van der Waals surface area contributed by atoms with Crippen molar-refractivity contribution in [2.24, 2.45) is 10.2 Å². The molecule has 3 aromatic rings. The first-order valence-corrected chi connectivity index (χ1v) is 14.4. The Hall–Kier alpha value is -2.48. The van der Waals surface area contributed by atoms with Crippen molar-refractivity contribution < 1.29 is 48.4 Å². The molecule has 3 aromatic carbocycles. The van der Waals surface area contributed by atoms with E-state index >= 15 is 0 Å². The summed E-state index contributed by atoms with van der Waals surface area (Å²) in [5, 5.41) is 21.0. The number of azo groups is 1. The molecule has 0 aliphatic carbocycles. The second kappa shape index (κ2) is 12.1. The van der Waals surface area contributed by atoms with Crippen LogP contribution in [-0.4, -0.2) is 87.3 Å². The number of carbonyl (C=O) groups is 1. The minimum absolute atomic E-state index is 0. The van der Waals surface area contributed by atoms with Crippen molar-refractivity contribution in [3.63, 3.8) is 0 Å². The number of carbonyl (C=O) groups excluding carboxylic acids is 1. The number of benzene rings is 3. The number of phenols is 1. The number of aromatic hydroxyl groups is 1. The zero-order valence-electron chi connectivity index (χ0n) is 19.8. The summed E-state index contributed by atoms with van der Waals surface area (Å²) >= 11 is 0. The predicted octanol–water partition coefficient (Wildman–Crippen LogP) is 2.38. The Morgan fingerprint density at radius 3 is 2.26 bits per heavy atom. The Balaban J connectivity index is 0.00000507. The van der Waals surface area contributed by atoms with E-state index in [0.717, 1.165) is 12.1 Å². The van der Waals surface area contributed by atoms with Crippen molar-refractivity contribution in [1.29, 1.82) is 0 Å². The van der Waals surface area contributed by atoms with Gasteiger partial charge in [-0.2, -0.15) is 21.9 Å². The average molecular weight is 597 g/mol. The van der Waals surface area contributed by atoms with E-state index in [1.165, 1.54) is 43.3 Å². The number of hydrogen-bond donors (Lipinski definition) is 4. The van der Waals surface area contributed by atoms with E-state index in [-0.39, 0.29) is 56.6 Å². The summed E-state index contributed by atoms with van der Waals surface area (Å²) in [5.74, 6) is -1.89. The molecule has 0 unspecified atom stereocenters. The van der Waals surface area contributed by atoms with Crippen LogP contribution in [0.4, 0.5) is 17.1 Å². The van der Waals surface area contributed by atoms with Gasteiger partial charge in [0.25, 0.3) is 10.1 Å². The maximum Gasteiger partial charge on any atom is 0.397 e. The number of anilines is 1. The van der Waals surface area contributed by atoms with Crippen LogP contribution in [0.15, 0.2) is 68.6 Å². The molecule has 0 aliphatic heterocycles. The quantitative estimate of drug-likeness (QED) is 0.159.